The molecule has 1 aliphatic rings. The summed E-state index contributed by atoms with van der Waals surface area (Å²) in [6.07, 6.45) is 1.94. The Morgan fingerprint density at radius 3 is 2.76 bits per heavy atom. The SMILES string of the molecule is CC(C)Oc1cc(N(C)CC(=O)NC2CC2)c(N)cc1F. The van der Waals surface area contributed by atoms with Crippen molar-refractivity contribution in [3.63, 3.8) is 0 Å². The van der Waals surface area contributed by atoms with Crippen LogP contribution in [0.5, 0.6) is 5.75 Å². The summed E-state index contributed by atoms with van der Waals surface area (Å²) in [5.41, 5.74) is 6.71. The van der Waals surface area contributed by atoms with Gasteiger partial charge in [0.05, 0.1) is 24.0 Å². The van der Waals surface area contributed by atoms with E-state index in [1.165, 1.54) is 12.1 Å². The summed E-state index contributed by atoms with van der Waals surface area (Å²) in [7, 11) is 1.75. The molecule has 0 saturated heterocycles. The third-order valence-corrected chi connectivity index (χ3v) is 3.18. The van der Waals surface area contributed by atoms with Crippen molar-refractivity contribution < 1.29 is 13.9 Å². The van der Waals surface area contributed by atoms with E-state index < -0.39 is 5.82 Å². The van der Waals surface area contributed by atoms with Crippen LogP contribution in [-0.4, -0.2) is 31.6 Å². The maximum absolute atomic E-state index is 13.8. The summed E-state index contributed by atoms with van der Waals surface area (Å²) in [4.78, 5) is 13.5. The van der Waals surface area contributed by atoms with Gasteiger partial charge in [-0.3, -0.25) is 4.79 Å². The molecule has 0 heterocycles. The number of halogens is 1. The lowest BCUT2D eigenvalue weighted by Gasteiger charge is -2.22. The first-order valence-corrected chi connectivity index (χ1v) is 7.13. The maximum atomic E-state index is 13.8. The topological polar surface area (TPSA) is 67.6 Å². The van der Waals surface area contributed by atoms with E-state index in [9.17, 15) is 9.18 Å². The van der Waals surface area contributed by atoms with Crippen molar-refractivity contribution >= 4 is 17.3 Å². The molecule has 3 N–H and O–H groups in total. The number of carbonyl (C=O) groups excluding carboxylic acids is 1. The summed E-state index contributed by atoms with van der Waals surface area (Å²) in [5.74, 6) is -0.417. The monoisotopic (exact) mass is 295 g/mol. The first-order valence-electron chi connectivity index (χ1n) is 7.13. The molecule has 0 aromatic heterocycles. The summed E-state index contributed by atoms with van der Waals surface area (Å²) in [6, 6.07) is 3.08. The lowest BCUT2D eigenvalue weighted by Crippen LogP contribution is -2.36. The van der Waals surface area contributed by atoms with Gasteiger partial charge < -0.3 is 20.7 Å². The molecule has 0 spiro atoms. The fourth-order valence-corrected chi connectivity index (χ4v) is 2.03. The highest BCUT2D eigenvalue weighted by molar-refractivity contribution is 5.83. The molecule has 0 atom stereocenters. The molecule has 1 aliphatic carbocycles. The van der Waals surface area contributed by atoms with Crippen molar-refractivity contribution in [3.05, 3.63) is 17.9 Å². The van der Waals surface area contributed by atoms with Gasteiger partial charge in [-0.25, -0.2) is 4.39 Å². The molecule has 21 heavy (non-hydrogen) atoms. The molecule has 6 heteroatoms. The van der Waals surface area contributed by atoms with E-state index in [0.717, 1.165) is 12.8 Å². The number of benzene rings is 1. The Bertz CT molecular complexity index is 530. The number of hydrogen-bond acceptors (Lipinski definition) is 4. The van der Waals surface area contributed by atoms with E-state index in [0.29, 0.717) is 11.7 Å². The largest absolute Gasteiger partial charge is 0.488 e. The van der Waals surface area contributed by atoms with Gasteiger partial charge in [0, 0.05) is 25.2 Å². The van der Waals surface area contributed by atoms with Crippen LogP contribution in [-0.2, 0) is 4.79 Å². The molecule has 1 aromatic rings. The average molecular weight is 295 g/mol. The second-order valence-corrected chi connectivity index (χ2v) is 5.71. The van der Waals surface area contributed by atoms with E-state index >= 15 is 0 Å². The van der Waals surface area contributed by atoms with Crippen LogP contribution in [0.2, 0.25) is 0 Å². The van der Waals surface area contributed by atoms with Gasteiger partial charge in [-0.05, 0) is 26.7 Å². The average Bonchev–Trinajstić information content (AvgIpc) is 3.15. The molecule has 0 unspecified atom stereocenters. The summed E-state index contributed by atoms with van der Waals surface area (Å²) < 4.78 is 19.2. The van der Waals surface area contributed by atoms with Gasteiger partial charge in [-0.1, -0.05) is 0 Å². The van der Waals surface area contributed by atoms with Crippen molar-refractivity contribution in [2.24, 2.45) is 0 Å². The molecule has 1 aromatic carbocycles. The molecule has 1 fully saturated rings. The number of ether oxygens (including phenoxy) is 1. The normalized spacial score (nSPS) is 14.1. The number of nitrogens with two attached hydrogens (primary N) is 1. The van der Waals surface area contributed by atoms with E-state index in [4.69, 9.17) is 10.5 Å². The van der Waals surface area contributed by atoms with Crippen molar-refractivity contribution in [2.45, 2.75) is 38.8 Å². The highest BCUT2D eigenvalue weighted by Crippen LogP contribution is 2.31. The number of anilines is 2. The number of amides is 1. The van der Waals surface area contributed by atoms with Gasteiger partial charge in [-0.15, -0.1) is 0 Å². The van der Waals surface area contributed by atoms with Crippen LogP contribution in [0.25, 0.3) is 0 Å². The quantitative estimate of drug-likeness (QED) is 0.787. The fraction of sp³-hybridized carbons (Fsp3) is 0.533. The van der Waals surface area contributed by atoms with Gasteiger partial charge in [0.15, 0.2) is 11.6 Å². The van der Waals surface area contributed by atoms with Crippen LogP contribution in [0.15, 0.2) is 12.1 Å². The Labute approximate surface area is 124 Å². The summed E-state index contributed by atoms with van der Waals surface area (Å²) in [5, 5.41) is 2.91. The van der Waals surface area contributed by atoms with Crippen LogP contribution < -0.4 is 20.7 Å². The molecular formula is C15H22FN3O2. The lowest BCUT2D eigenvalue weighted by atomic mass is 10.2. The third kappa shape index (κ3) is 4.24. The minimum absolute atomic E-state index is 0.0601. The smallest absolute Gasteiger partial charge is 0.239 e. The zero-order valence-corrected chi connectivity index (χ0v) is 12.6. The molecule has 0 radical (unpaired) electrons. The van der Waals surface area contributed by atoms with E-state index in [2.05, 4.69) is 5.32 Å². The number of nitrogens with zero attached hydrogens (tertiary/aromatic N) is 1. The van der Waals surface area contributed by atoms with Gasteiger partial charge in [0.25, 0.3) is 0 Å². The number of likely N-dealkylation sites (N-methyl/N-ethyl adjacent to an activating group) is 1. The van der Waals surface area contributed by atoms with Crippen molar-refractivity contribution in [3.8, 4) is 5.75 Å². The molecule has 5 nitrogen and oxygen atoms in total. The Kier molecular flexibility index (Phi) is 4.55. The Balaban J connectivity index is 2.10. The number of rotatable bonds is 6. The Morgan fingerprint density at radius 2 is 2.19 bits per heavy atom. The molecule has 0 bridgehead atoms. The molecule has 1 saturated carbocycles. The van der Waals surface area contributed by atoms with Crippen LogP contribution in [0.1, 0.15) is 26.7 Å². The second kappa shape index (κ2) is 6.20. The molecular weight excluding hydrogens is 273 g/mol. The van der Waals surface area contributed by atoms with Crippen molar-refractivity contribution in [2.75, 3.05) is 24.2 Å². The van der Waals surface area contributed by atoms with E-state index in [1.54, 1.807) is 11.9 Å². The first kappa shape index (κ1) is 15.4. The number of carbonyl (C=O) groups is 1. The van der Waals surface area contributed by atoms with Crippen LogP contribution in [0.4, 0.5) is 15.8 Å². The van der Waals surface area contributed by atoms with Gasteiger partial charge in [0.1, 0.15) is 0 Å². The second-order valence-electron chi connectivity index (χ2n) is 5.71. The zero-order valence-electron chi connectivity index (χ0n) is 12.6. The zero-order chi connectivity index (χ0) is 15.6. The fourth-order valence-electron chi connectivity index (χ4n) is 2.03. The number of hydrogen-bond donors (Lipinski definition) is 2. The highest BCUT2D eigenvalue weighted by Gasteiger charge is 2.24. The van der Waals surface area contributed by atoms with E-state index in [-0.39, 0.29) is 30.0 Å². The van der Waals surface area contributed by atoms with Crippen molar-refractivity contribution in [1.82, 2.24) is 5.32 Å². The minimum atomic E-state index is -0.499. The van der Waals surface area contributed by atoms with Gasteiger partial charge in [-0.2, -0.15) is 0 Å². The standard InChI is InChI=1S/C15H22FN3O2/c1-9(2)21-14-7-13(12(17)6-11(14)16)19(3)8-15(20)18-10-4-5-10/h6-7,9-10H,4-5,8,17H2,1-3H3,(H,18,20). The number of nitrogens with one attached hydrogen (secondary N) is 1. The first-order chi connectivity index (χ1) is 9.86. The summed E-state index contributed by atoms with van der Waals surface area (Å²) in [6.45, 7) is 3.82. The minimum Gasteiger partial charge on any atom is -0.488 e. The van der Waals surface area contributed by atoms with E-state index in [1.807, 2.05) is 13.8 Å². The van der Waals surface area contributed by atoms with Crippen LogP contribution in [0.3, 0.4) is 0 Å². The van der Waals surface area contributed by atoms with Gasteiger partial charge >= 0.3 is 0 Å². The highest BCUT2D eigenvalue weighted by atomic mass is 19.1. The van der Waals surface area contributed by atoms with Crippen molar-refractivity contribution in [1.29, 1.82) is 0 Å². The lowest BCUT2D eigenvalue weighted by molar-refractivity contribution is -0.119. The predicted molar refractivity (Wildman–Crippen MR) is 81.0 cm³/mol. The molecule has 0 aliphatic heterocycles. The molecule has 2 rings (SSSR count). The molecule has 116 valence electrons. The Hall–Kier alpha value is -1.98. The van der Waals surface area contributed by atoms with Crippen LogP contribution >= 0.6 is 0 Å². The van der Waals surface area contributed by atoms with Crippen LogP contribution in [0, 0.1) is 5.82 Å². The predicted octanol–water partition coefficient (Wildman–Crippen LogP) is 1.91. The maximum Gasteiger partial charge on any atom is 0.239 e. The number of nitrogen functional groups attached to an aromatic ring is 1. The third-order valence-electron chi connectivity index (χ3n) is 3.18. The molecule has 1 amide bonds. The summed E-state index contributed by atoms with van der Waals surface area (Å²) >= 11 is 0. The Morgan fingerprint density at radius 1 is 1.52 bits per heavy atom. The van der Waals surface area contributed by atoms with Gasteiger partial charge in [0.2, 0.25) is 5.91 Å².